The second kappa shape index (κ2) is 5.93. The van der Waals surface area contributed by atoms with Gasteiger partial charge in [0.2, 0.25) is 0 Å². The van der Waals surface area contributed by atoms with Gasteiger partial charge in [0.25, 0.3) is 0 Å². The number of likely N-dealkylation sites (N-methyl/N-ethyl adjacent to an activating group) is 1. The lowest BCUT2D eigenvalue weighted by molar-refractivity contribution is 0.752. The quantitative estimate of drug-likeness (QED) is 0.913. The van der Waals surface area contributed by atoms with Crippen LogP contribution in [0.4, 0.5) is 0 Å². The van der Waals surface area contributed by atoms with E-state index in [1.807, 2.05) is 20.0 Å². The van der Waals surface area contributed by atoms with Crippen LogP contribution in [0.25, 0.3) is 11.3 Å². The standard InChI is InChI=1S/C16H21N3/c1-11-5-6-14(9-12(11)2)15-10-13(3)18-16(19-15)7-8-17-4/h5-6,9-10,17H,7-8H2,1-4H3. The van der Waals surface area contributed by atoms with Crippen molar-refractivity contribution in [2.75, 3.05) is 13.6 Å². The molecule has 0 amide bonds. The molecular weight excluding hydrogens is 234 g/mol. The lowest BCUT2D eigenvalue weighted by Gasteiger charge is -2.08. The van der Waals surface area contributed by atoms with Crippen LogP contribution in [-0.2, 0) is 6.42 Å². The normalized spacial score (nSPS) is 10.7. The molecule has 0 aliphatic carbocycles. The number of hydrogen-bond acceptors (Lipinski definition) is 3. The van der Waals surface area contributed by atoms with E-state index in [0.717, 1.165) is 30.2 Å². The summed E-state index contributed by atoms with van der Waals surface area (Å²) >= 11 is 0. The predicted octanol–water partition coefficient (Wildman–Crippen LogP) is 2.83. The molecule has 1 N–H and O–H groups in total. The van der Waals surface area contributed by atoms with E-state index >= 15 is 0 Å². The van der Waals surface area contributed by atoms with E-state index in [2.05, 4.69) is 47.3 Å². The predicted molar refractivity (Wildman–Crippen MR) is 79.3 cm³/mol. The minimum absolute atomic E-state index is 0.857. The Morgan fingerprint density at radius 3 is 2.47 bits per heavy atom. The van der Waals surface area contributed by atoms with Crippen molar-refractivity contribution in [3.8, 4) is 11.3 Å². The van der Waals surface area contributed by atoms with Crippen LogP contribution in [0.5, 0.6) is 0 Å². The average molecular weight is 255 g/mol. The Morgan fingerprint density at radius 1 is 1.00 bits per heavy atom. The molecule has 2 aromatic rings. The monoisotopic (exact) mass is 255 g/mol. The van der Waals surface area contributed by atoms with Crippen LogP contribution in [-0.4, -0.2) is 23.6 Å². The van der Waals surface area contributed by atoms with Gasteiger partial charge in [-0.15, -0.1) is 0 Å². The molecule has 0 saturated heterocycles. The first-order valence-corrected chi connectivity index (χ1v) is 6.67. The molecule has 1 aromatic heterocycles. The summed E-state index contributed by atoms with van der Waals surface area (Å²) in [6.45, 7) is 7.18. The summed E-state index contributed by atoms with van der Waals surface area (Å²) in [7, 11) is 1.94. The molecule has 0 unspecified atom stereocenters. The summed E-state index contributed by atoms with van der Waals surface area (Å²) in [6.07, 6.45) is 0.857. The van der Waals surface area contributed by atoms with Gasteiger partial charge in [-0.3, -0.25) is 0 Å². The summed E-state index contributed by atoms with van der Waals surface area (Å²) in [6, 6.07) is 8.52. The molecule has 0 atom stereocenters. The zero-order valence-electron chi connectivity index (χ0n) is 12.1. The first kappa shape index (κ1) is 13.7. The van der Waals surface area contributed by atoms with Gasteiger partial charge >= 0.3 is 0 Å². The van der Waals surface area contributed by atoms with Crippen molar-refractivity contribution >= 4 is 0 Å². The number of rotatable bonds is 4. The lowest BCUT2D eigenvalue weighted by Crippen LogP contribution is -2.12. The van der Waals surface area contributed by atoms with Gasteiger partial charge in [-0.1, -0.05) is 12.1 Å². The molecule has 2 rings (SSSR count). The largest absolute Gasteiger partial charge is 0.319 e. The maximum absolute atomic E-state index is 4.66. The first-order valence-electron chi connectivity index (χ1n) is 6.67. The second-order valence-corrected chi connectivity index (χ2v) is 4.96. The summed E-state index contributed by atoms with van der Waals surface area (Å²) < 4.78 is 0. The van der Waals surface area contributed by atoms with Crippen molar-refractivity contribution < 1.29 is 0 Å². The average Bonchev–Trinajstić information content (AvgIpc) is 2.39. The minimum Gasteiger partial charge on any atom is -0.319 e. The number of nitrogens with one attached hydrogen (secondary N) is 1. The Balaban J connectivity index is 2.37. The molecule has 1 heterocycles. The number of aryl methyl sites for hydroxylation is 3. The van der Waals surface area contributed by atoms with E-state index in [4.69, 9.17) is 0 Å². The van der Waals surface area contributed by atoms with Gasteiger partial charge < -0.3 is 5.32 Å². The van der Waals surface area contributed by atoms with Crippen molar-refractivity contribution in [2.45, 2.75) is 27.2 Å². The van der Waals surface area contributed by atoms with E-state index in [0.29, 0.717) is 0 Å². The third-order valence-corrected chi connectivity index (χ3v) is 3.30. The highest BCUT2D eigenvalue weighted by Crippen LogP contribution is 2.21. The Labute approximate surface area is 115 Å². The summed E-state index contributed by atoms with van der Waals surface area (Å²) in [5.41, 5.74) is 5.81. The highest BCUT2D eigenvalue weighted by atomic mass is 14.9. The first-order chi connectivity index (χ1) is 9.10. The minimum atomic E-state index is 0.857. The van der Waals surface area contributed by atoms with Crippen LogP contribution in [0.2, 0.25) is 0 Å². The molecule has 0 spiro atoms. The Morgan fingerprint density at radius 2 is 1.79 bits per heavy atom. The molecule has 0 saturated carbocycles. The Hall–Kier alpha value is -1.74. The molecule has 0 bridgehead atoms. The molecular formula is C16H21N3. The topological polar surface area (TPSA) is 37.8 Å². The summed E-state index contributed by atoms with van der Waals surface area (Å²) in [5, 5.41) is 3.13. The third kappa shape index (κ3) is 3.38. The zero-order chi connectivity index (χ0) is 13.8. The fourth-order valence-electron chi connectivity index (χ4n) is 2.03. The van der Waals surface area contributed by atoms with Gasteiger partial charge in [-0.25, -0.2) is 9.97 Å². The van der Waals surface area contributed by atoms with Crippen LogP contribution >= 0.6 is 0 Å². The van der Waals surface area contributed by atoms with E-state index in [-0.39, 0.29) is 0 Å². The van der Waals surface area contributed by atoms with Gasteiger partial charge in [0, 0.05) is 24.2 Å². The van der Waals surface area contributed by atoms with E-state index < -0.39 is 0 Å². The highest BCUT2D eigenvalue weighted by Gasteiger charge is 2.05. The van der Waals surface area contributed by atoms with E-state index in [9.17, 15) is 0 Å². The molecule has 3 nitrogen and oxygen atoms in total. The van der Waals surface area contributed by atoms with Crippen molar-refractivity contribution in [3.63, 3.8) is 0 Å². The van der Waals surface area contributed by atoms with Gasteiger partial charge in [-0.05, 0) is 51.1 Å². The fourth-order valence-corrected chi connectivity index (χ4v) is 2.03. The number of nitrogens with zero attached hydrogens (tertiary/aromatic N) is 2. The van der Waals surface area contributed by atoms with Gasteiger partial charge in [0.05, 0.1) is 5.69 Å². The van der Waals surface area contributed by atoms with E-state index in [1.54, 1.807) is 0 Å². The molecule has 100 valence electrons. The molecule has 19 heavy (non-hydrogen) atoms. The van der Waals surface area contributed by atoms with Crippen molar-refractivity contribution in [1.29, 1.82) is 0 Å². The maximum atomic E-state index is 4.66. The SMILES string of the molecule is CNCCc1nc(C)cc(-c2ccc(C)c(C)c2)n1. The van der Waals surface area contributed by atoms with Crippen LogP contribution in [0.1, 0.15) is 22.6 Å². The van der Waals surface area contributed by atoms with Crippen molar-refractivity contribution in [1.82, 2.24) is 15.3 Å². The molecule has 0 aliphatic rings. The van der Waals surface area contributed by atoms with Gasteiger partial charge in [0.15, 0.2) is 0 Å². The van der Waals surface area contributed by atoms with Crippen molar-refractivity contribution in [2.24, 2.45) is 0 Å². The lowest BCUT2D eigenvalue weighted by atomic mass is 10.0. The molecule has 0 radical (unpaired) electrons. The fraction of sp³-hybridized carbons (Fsp3) is 0.375. The maximum Gasteiger partial charge on any atom is 0.130 e. The Bertz CT molecular complexity index is 576. The van der Waals surface area contributed by atoms with Gasteiger partial charge in [0.1, 0.15) is 5.82 Å². The molecule has 1 aromatic carbocycles. The second-order valence-electron chi connectivity index (χ2n) is 4.96. The van der Waals surface area contributed by atoms with Crippen LogP contribution in [0.15, 0.2) is 24.3 Å². The number of aromatic nitrogens is 2. The Kier molecular flexibility index (Phi) is 4.27. The third-order valence-electron chi connectivity index (χ3n) is 3.30. The number of hydrogen-bond donors (Lipinski definition) is 1. The summed E-state index contributed by atoms with van der Waals surface area (Å²) in [4.78, 5) is 9.15. The molecule has 0 aliphatic heterocycles. The van der Waals surface area contributed by atoms with Crippen molar-refractivity contribution in [3.05, 3.63) is 46.9 Å². The molecule has 3 heteroatoms. The number of benzene rings is 1. The highest BCUT2D eigenvalue weighted by molar-refractivity contribution is 5.61. The van der Waals surface area contributed by atoms with Crippen LogP contribution in [0, 0.1) is 20.8 Å². The van der Waals surface area contributed by atoms with Crippen LogP contribution in [0.3, 0.4) is 0 Å². The summed E-state index contributed by atoms with van der Waals surface area (Å²) in [5.74, 6) is 0.905. The smallest absolute Gasteiger partial charge is 0.130 e. The van der Waals surface area contributed by atoms with Gasteiger partial charge in [-0.2, -0.15) is 0 Å². The zero-order valence-corrected chi connectivity index (χ0v) is 12.1. The molecule has 0 fully saturated rings. The van der Waals surface area contributed by atoms with Crippen LogP contribution < -0.4 is 5.32 Å². The van der Waals surface area contributed by atoms with E-state index in [1.165, 1.54) is 16.7 Å².